The summed E-state index contributed by atoms with van der Waals surface area (Å²) in [7, 11) is 1.74. The molecule has 2 rings (SSSR count). The predicted octanol–water partition coefficient (Wildman–Crippen LogP) is 4.21. The summed E-state index contributed by atoms with van der Waals surface area (Å²) in [6, 6.07) is 1.65. The molecule has 0 atom stereocenters. The molecule has 10 heteroatoms. The largest absolute Gasteiger partial charge is 0.382 e. The van der Waals surface area contributed by atoms with Crippen molar-refractivity contribution in [2.24, 2.45) is 4.99 Å². The van der Waals surface area contributed by atoms with Gasteiger partial charge in [0.1, 0.15) is 10.8 Å². The Morgan fingerprint density at radius 1 is 1.25 bits per heavy atom. The molecule has 0 aromatic carbocycles. The number of nitrogens with two attached hydrogens (primary N) is 2. The third-order valence-electron chi connectivity index (χ3n) is 3.65. The smallest absolute Gasteiger partial charge is 0.256 e. The first-order valence-corrected chi connectivity index (χ1v) is 9.94. The monoisotopic (exact) mass is 423 g/mol. The summed E-state index contributed by atoms with van der Waals surface area (Å²) in [5.41, 5.74) is 11.6. The number of nitrogen functional groups attached to an aromatic ring is 2. The Morgan fingerprint density at radius 3 is 2.86 bits per heavy atom. The minimum atomic E-state index is -0.711. The maximum Gasteiger partial charge on any atom is 0.256 e. The van der Waals surface area contributed by atoms with Gasteiger partial charge in [0.25, 0.3) is 5.95 Å². The summed E-state index contributed by atoms with van der Waals surface area (Å²) in [4.78, 5) is 16.3. The van der Waals surface area contributed by atoms with Crippen molar-refractivity contribution < 1.29 is 4.39 Å². The van der Waals surface area contributed by atoms with Crippen LogP contribution in [0.2, 0.25) is 5.02 Å². The minimum absolute atomic E-state index is 0.0428. The number of allylic oxidation sites excluding steroid dienone is 2. The number of nitrogens with zero attached hydrogens (tertiary/aromatic N) is 4. The van der Waals surface area contributed by atoms with E-state index >= 15 is 0 Å². The van der Waals surface area contributed by atoms with Crippen molar-refractivity contribution in [3.8, 4) is 0 Å². The molecule has 2 aromatic heterocycles. The number of rotatable bonds is 10. The molecule has 28 heavy (non-hydrogen) atoms. The van der Waals surface area contributed by atoms with Crippen molar-refractivity contribution in [3.63, 3.8) is 0 Å². The van der Waals surface area contributed by atoms with E-state index in [9.17, 15) is 4.39 Å². The highest BCUT2D eigenvalue weighted by molar-refractivity contribution is 7.99. The maximum atomic E-state index is 14.3. The van der Waals surface area contributed by atoms with Gasteiger partial charge in [-0.25, -0.2) is 15.0 Å². The summed E-state index contributed by atoms with van der Waals surface area (Å²) in [6.45, 7) is 0.588. The number of halogens is 2. The lowest BCUT2D eigenvalue weighted by molar-refractivity contribution is 0.568. The molecule has 2 aromatic rings. The van der Waals surface area contributed by atoms with E-state index in [4.69, 9.17) is 23.1 Å². The van der Waals surface area contributed by atoms with E-state index in [-0.39, 0.29) is 27.5 Å². The third-order valence-corrected chi connectivity index (χ3v) is 5.21. The molecule has 0 saturated carbocycles. The number of anilines is 3. The van der Waals surface area contributed by atoms with Crippen molar-refractivity contribution in [1.29, 1.82) is 0 Å². The first kappa shape index (κ1) is 21.9. The summed E-state index contributed by atoms with van der Waals surface area (Å²) in [5, 5.41) is 3.44. The van der Waals surface area contributed by atoms with E-state index in [1.54, 1.807) is 19.3 Å². The molecule has 0 bridgehead atoms. The Hall–Kier alpha value is -2.39. The number of nitrogens with one attached hydrogen (secondary N) is 1. The van der Waals surface area contributed by atoms with Gasteiger partial charge in [0.2, 0.25) is 0 Å². The van der Waals surface area contributed by atoms with Crippen LogP contribution in [-0.4, -0.2) is 34.8 Å². The van der Waals surface area contributed by atoms with Crippen LogP contribution < -0.4 is 16.8 Å². The van der Waals surface area contributed by atoms with Crippen molar-refractivity contribution in [3.05, 3.63) is 35.4 Å². The molecule has 2 heterocycles. The molecule has 0 aliphatic heterocycles. The summed E-state index contributed by atoms with van der Waals surface area (Å²) in [5.74, 6) is -0.369. The van der Waals surface area contributed by atoms with Gasteiger partial charge in [-0.05, 0) is 31.4 Å². The number of aromatic nitrogens is 3. The number of hydrogen-bond donors (Lipinski definition) is 3. The maximum absolute atomic E-state index is 14.3. The number of hydrogen-bond acceptors (Lipinski definition) is 8. The normalized spacial score (nSPS) is 11.5. The average Bonchev–Trinajstić information content (AvgIpc) is 2.67. The van der Waals surface area contributed by atoms with E-state index in [1.807, 2.05) is 6.08 Å². The zero-order valence-electron chi connectivity index (χ0n) is 15.5. The molecule has 0 aliphatic carbocycles. The average molecular weight is 424 g/mol. The van der Waals surface area contributed by atoms with Crippen molar-refractivity contribution in [1.82, 2.24) is 15.0 Å². The van der Waals surface area contributed by atoms with Crippen LogP contribution in [0, 0.1) is 5.95 Å². The molecule has 0 spiro atoms. The Balaban J connectivity index is 1.87. The lowest BCUT2D eigenvalue weighted by Gasteiger charge is -2.10. The Bertz CT molecular complexity index is 845. The minimum Gasteiger partial charge on any atom is -0.382 e. The fourth-order valence-electron chi connectivity index (χ4n) is 2.24. The van der Waals surface area contributed by atoms with Crippen LogP contribution >= 0.6 is 23.4 Å². The van der Waals surface area contributed by atoms with Crippen LogP contribution in [-0.2, 0) is 0 Å². The first-order valence-electron chi connectivity index (χ1n) is 8.75. The van der Waals surface area contributed by atoms with Crippen LogP contribution in [0.25, 0.3) is 0 Å². The second-order valence-electron chi connectivity index (χ2n) is 5.78. The van der Waals surface area contributed by atoms with Gasteiger partial charge in [-0.3, -0.25) is 4.99 Å². The number of unbranched alkanes of at least 4 members (excludes halogenated alkanes) is 3. The SMILES string of the molecule is CN=C/C=C\CCCCCNc1nc(N)c(Sc2ccnc(N)c2Cl)nc1F. The third kappa shape index (κ3) is 6.65. The van der Waals surface area contributed by atoms with Gasteiger partial charge in [0.15, 0.2) is 11.6 Å². The van der Waals surface area contributed by atoms with Crippen LogP contribution in [0.5, 0.6) is 0 Å². The lowest BCUT2D eigenvalue weighted by Crippen LogP contribution is -2.09. The predicted molar refractivity (Wildman–Crippen MR) is 115 cm³/mol. The van der Waals surface area contributed by atoms with Gasteiger partial charge in [-0.15, -0.1) is 0 Å². The fraction of sp³-hybridized carbons (Fsp3) is 0.333. The molecule has 0 radical (unpaired) electrons. The summed E-state index contributed by atoms with van der Waals surface area (Å²) >= 11 is 7.18. The lowest BCUT2D eigenvalue weighted by atomic mass is 10.2. The number of aliphatic imine (C=N–C) groups is 1. The molecule has 7 nitrogen and oxygen atoms in total. The Kier molecular flexibility index (Phi) is 8.96. The molecule has 0 amide bonds. The second kappa shape index (κ2) is 11.5. The summed E-state index contributed by atoms with van der Waals surface area (Å²) in [6.07, 6.45) is 11.2. The molecule has 150 valence electrons. The highest BCUT2D eigenvalue weighted by atomic mass is 35.5. The standard InChI is InChI=1S/C18H23ClFN7S/c1-23-9-6-4-2-3-5-7-10-25-17-14(20)26-18(16(22)27-17)28-12-8-11-24-15(21)13(12)19/h4,6,8-9,11H,2-3,5,7,10H2,1H3,(H2,21,24)(H3,22,25,27)/b6-4-,23-9?. The van der Waals surface area contributed by atoms with Gasteiger partial charge in [-0.2, -0.15) is 4.39 Å². The second-order valence-corrected chi connectivity index (χ2v) is 7.18. The van der Waals surface area contributed by atoms with E-state index in [0.29, 0.717) is 11.4 Å². The molecular formula is C18H23ClFN7S. The quantitative estimate of drug-likeness (QED) is 0.387. The van der Waals surface area contributed by atoms with Gasteiger partial charge in [-0.1, -0.05) is 35.9 Å². The highest BCUT2D eigenvalue weighted by Gasteiger charge is 2.15. The van der Waals surface area contributed by atoms with Gasteiger partial charge >= 0.3 is 0 Å². The van der Waals surface area contributed by atoms with Gasteiger partial charge < -0.3 is 16.8 Å². The molecule has 5 N–H and O–H groups in total. The summed E-state index contributed by atoms with van der Waals surface area (Å²) < 4.78 is 14.3. The molecular weight excluding hydrogens is 401 g/mol. The van der Waals surface area contributed by atoms with Crippen molar-refractivity contribution in [2.75, 3.05) is 30.4 Å². The van der Waals surface area contributed by atoms with E-state index < -0.39 is 5.95 Å². The Labute approximate surface area is 172 Å². The van der Waals surface area contributed by atoms with Crippen molar-refractivity contribution >= 4 is 47.0 Å². The molecule has 0 saturated heterocycles. The van der Waals surface area contributed by atoms with E-state index in [0.717, 1.165) is 37.4 Å². The fourth-order valence-corrected chi connectivity index (χ4v) is 3.27. The topological polar surface area (TPSA) is 115 Å². The zero-order chi connectivity index (χ0) is 20.4. The number of pyridine rings is 1. The van der Waals surface area contributed by atoms with Crippen LogP contribution in [0.3, 0.4) is 0 Å². The van der Waals surface area contributed by atoms with Gasteiger partial charge in [0, 0.05) is 30.9 Å². The first-order chi connectivity index (χ1) is 13.5. The molecule has 0 fully saturated rings. The van der Waals surface area contributed by atoms with Gasteiger partial charge in [0.05, 0.1) is 5.02 Å². The van der Waals surface area contributed by atoms with Crippen molar-refractivity contribution in [2.45, 2.75) is 35.6 Å². The van der Waals surface area contributed by atoms with Crippen LogP contribution in [0.15, 0.2) is 39.3 Å². The Morgan fingerprint density at radius 2 is 2.07 bits per heavy atom. The van der Waals surface area contributed by atoms with E-state index in [2.05, 4.69) is 31.3 Å². The van der Waals surface area contributed by atoms with Crippen LogP contribution in [0.4, 0.5) is 21.8 Å². The molecule has 0 unspecified atom stereocenters. The zero-order valence-corrected chi connectivity index (χ0v) is 17.1. The van der Waals surface area contributed by atoms with E-state index in [1.165, 1.54) is 6.20 Å². The highest BCUT2D eigenvalue weighted by Crippen LogP contribution is 2.36. The molecule has 0 aliphatic rings. The van der Waals surface area contributed by atoms with Crippen LogP contribution in [0.1, 0.15) is 25.7 Å².